The van der Waals surface area contributed by atoms with E-state index in [2.05, 4.69) is 61.7 Å². The molecule has 4 aromatic rings. The second-order valence-electron chi connectivity index (χ2n) is 4.15. The number of imidazole rings is 1. The first-order valence-corrected chi connectivity index (χ1v) is 6.35. The zero-order chi connectivity index (χ0) is 14.3. The first-order chi connectivity index (χ1) is 10.4. The Balaban J connectivity index is 0.000000253. The Hall–Kier alpha value is -2.43. The third-order valence-electron chi connectivity index (χ3n) is 2.77. The van der Waals surface area contributed by atoms with E-state index in [1.807, 2.05) is 12.1 Å². The van der Waals surface area contributed by atoms with Crippen molar-refractivity contribution >= 4 is 17.0 Å². The fourth-order valence-electron chi connectivity index (χ4n) is 1.80. The molecule has 0 fully saturated rings. The first kappa shape index (κ1) is 15.9. The average Bonchev–Trinajstić information content (AvgIpc) is 3.28. The molecule has 4 rings (SSSR count). The van der Waals surface area contributed by atoms with Crippen molar-refractivity contribution in [3.05, 3.63) is 72.8 Å². The molecule has 0 amide bonds. The van der Waals surface area contributed by atoms with Crippen molar-refractivity contribution in [3.8, 4) is 0 Å². The van der Waals surface area contributed by atoms with Gasteiger partial charge in [0.25, 0.3) is 0 Å². The second kappa shape index (κ2) is 8.12. The second-order valence-corrected chi connectivity index (χ2v) is 4.15. The number of nitrogens with zero attached hydrogens (tertiary/aromatic N) is 3. The quantitative estimate of drug-likeness (QED) is 0.447. The van der Waals surface area contributed by atoms with Gasteiger partial charge in [0, 0.05) is 17.1 Å². The number of nitrogens with one attached hydrogen (secondary N) is 2. The maximum absolute atomic E-state index is 4.19. The Kier molecular flexibility index (Phi) is 5.89. The van der Waals surface area contributed by atoms with Gasteiger partial charge in [-0.25, -0.2) is 27.1 Å². The molecular formula is C16H11FeN5-6. The fraction of sp³-hybridized carbons (Fsp3) is 0.0625. The predicted octanol–water partition coefficient (Wildman–Crippen LogP) is 2.29. The number of anilines is 1. The molecule has 2 aromatic carbocycles. The van der Waals surface area contributed by atoms with Gasteiger partial charge in [-0.2, -0.15) is 12.1 Å². The van der Waals surface area contributed by atoms with E-state index in [9.17, 15) is 0 Å². The van der Waals surface area contributed by atoms with Crippen LogP contribution in [-0.4, -0.2) is 19.9 Å². The van der Waals surface area contributed by atoms with Gasteiger partial charge in [0.2, 0.25) is 0 Å². The van der Waals surface area contributed by atoms with Crippen LogP contribution in [0.2, 0.25) is 0 Å². The van der Waals surface area contributed by atoms with E-state index in [1.165, 1.54) is 11.9 Å². The Morgan fingerprint density at radius 3 is 2.59 bits per heavy atom. The van der Waals surface area contributed by atoms with Crippen LogP contribution in [0.5, 0.6) is 0 Å². The maximum Gasteiger partial charge on any atom is 0.182 e. The van der Waals surface area contributed by atoms with Crippen LogP contribution >= 0.6 is 0 Å². The van der Waals surface area contributed by atoms with Crippen molar-refractivity contribution < 1.29 is 17.1 Å². The summed E-state index contributed by atoms with van der Waals surface area (Å²) >= 11 is 0. The normalized spacial score (nSPS) is 9.64. The predicted molar refractivity (Wildman–Crippen MR) is 78.4 cm³/mol. The number of hydrogen-bond donors (Lipinski definition) is 2. The Morgan fingerprint density at radius 1 is 1.14 bits per heavy atom. The number of rotatable bonds is 3. The molecule has 2 heterocycles. The van der Waals surface area contributed by atoms with E-state index < -0.39 is 0 Å². The summed E-state index contributed by atoms with van der Waals surface area (Å²) < 4.78 is 0. The van der Waals surface area contributed by atoms with Gasteiger partial charge in [0.15, 0.2) is 11.5 Å². The van der Waals surface area contributed by atoms with Gasteiger partial charge in [0.05, 0.1) is 6.33 Å². The van der Waals surface area contributed by atoms with E-state index in [0.29, 0.717) is 5.65 Å². The van der Waals surface area contributed by atoms with Crippen molar-refractivity contribution in [3.63, 3.8) is 0 Å². The standard InChI is InChI=1S/C11H10N5.C5H.Fe/c1-2-4-8(3-1)5-12-10-9-11(14-6-13-9)16-7-15-10;1-2-4-5-3-1;/h1-4,6-7H,5H2,(H2,12,13,14,15,16);1H;/q-1;-5;. The summed E-state index contributed by atoms with van der Waals surface area (Å²) in [5.74, 6) is 0.781. The van der Waals surface area contributed by atoms with Crippen LogP contribution in [0.25, 0.3) is 11.2 Å². The number of fused-ring (bicyclic) bond motifs is 1. The molecule has 0 radical (unpaired) electrons. The van der Waals surface area contributed by atoms with Crippen LogP contribution in [0.4, 0.5) is 5.82 Å². The third-order valence-corrected chi connectivity index (χ3v) is 2.77. The summed E-state index contributed by atoms with van der Waals surface area (Å²) in [6.45, 7) is 0.748. The molecule has 0 atom stereocenters. The summed E-state index contributed by atoms with van der Waals surface area (Å²) in [6.07, 6.45) is 3.13. The summed E-state index contributed by atoms with van der Waals surface area (Å²) in [5, 5.41) is 3.25. The third kappa shape index (κ3) is 4.04. The molecule has 2 N–H and O–H groups in total. The van der Waals surface area contributed by atoms with Crippen molar-refractivity contribution in [1.82, 2.24) is 19.9 Å². The van der Waals surface area contributed by atoms with Crippen LogP contribution in [-0.2, 0) is 23.6 Å². The number of aromatic amines is 1. The molecule has 0 aliphatic carbocycles. The first-order valence-electron chi connectivity index (χ1n) is 6.35. The van der Waals surface area contributed by atoms with E-state index in [0.717, 1.165) is 17.9 Å². The van der Waals surface area contributed by atoms with E-state index >= 15 is 0 Å². The minimum absolute atomic E-state index is 0. The average molecular weight is 329 g/mol. The van der Waals surface area contributed by atoms with Crippen molar-refractivity contribution in [2.45, 2.75) is 6.54 Å². The largest absolute Gasteiger partial charge is 0.999 e. The monoisotopic (exact) mass is 329 g/mol. The molecule has 22 heavy (non-hydrogen) atoms. The summed E-state index contributed by atoms with van der Waals surface area (Å²) in [7, 11) is 0. The molecule has 0 spiro atoms. The molecule has 0 bridgehead atoms. The topological polar surface area (TPSA) is 66.5 Å². The summed E-state index contributed by atoms with van der Waals surface area (Å²) in [6, 6.07) is 20.2. The van der Waals surface area contributed by atoms with Crippen LogP contribution in [0.3, 0.4) is 0 Å². The smallest absolute Gasteiger partial charge is 0.182 e. The molecule has 0 saturated heterocycles. The van der Waals surface area contributed by atoms with E-state index in [-0.39, 0.29) is 17.1 Å². The van der Waals surface area contributed by atoms with Crippen molar-refractivity contribution in [2.75, 3.05) is 5.32 Å². The molecule has 0 aliphatic heterocycles. The van der Waals surface area contributed by atoms with Crippen LogP contribution in [0.15, 0.2) is 43.0 Å². The molecular weight excluding hydrogens is 318 g/mol. The van der Waals surface area contributed by atoms with E-state index in [1.54, 1.807) is 12.4 Å². The van der Waals surface area contributed by atoms with Crippen LogP contribution < -0.4 is 5.32 Å². The van der Waals surface area contributed by atoms with E-state index in [4.69, 9.17) is 0 Å². The molecule has 2 aromatic heterocycles. The van der Waals surface area contributed by atoms with Crippen LogP contribution in [0, 0.1) is 24.3 Å². The molecule has 114 valence electrons. The molecule has 6 heteroatoms. The zero-order valence-corrected chi connectivity index (χ0v) is 12.5. The number of H-pyrrole nitrogens is 1. The number of hydrogen-bond acceptors (Lipinski definition) is 4. The Labute approximate surface area is 139 Å². The summed E-state index contributed by atoms with van der Waals surface area (Å²) in [5.41, 5.74) is 2.75. The number of aromatic nitrogens is 4. The van der Waals surface area contributed by atoms with Crippen molar-refractivity contribution in [2.24, 2.45) is 0 Å². The van der Waals surface area contributed by atoms with Gasteiger partial charge in [-0.05, 0) is 6.54 Å². The molecule has 0 saturated carbocycles. The minimum atomic E-state index is 0. The van der Waals surface area contributed by atoms with Gasteiger partial charge >= 0.3 is 0 Å². The van der Waals surface area contributed by atoms with Crippen LogP contribution in [0.1, 0.15) is 5.56 Å². The SMILES string of the molecule is [Fe].[c-]1[c-][c-][cH-][c-]1.c1cc[c-](CNc2ncnc3nc[nH]c23)c1. The Bertz CT molecular complexity index is 742. The van der Waals surface area contributed by atoms with Gasteiger partial charge in [-0.3, -0.25) is 0 Å². The maximum atomic E-state index is 4.19. The van der Waals surface area contributed by atoms with Gasteiger partial charge in [-0.1, -0.05) is 0 Å². The van der Waals surface area contributed by atoms with Crippen molar-refractivity contribution in [1.29, 1.82) is 0 Å². The molecule has 0 unspecified atom stereocenters. The molecule has 5 nitrogen and oxygen atoms in total. The Morgan fingerprint density at radius 2 is 1.91 bits per heavy atom. The fourth-order valence-corrected chi connectivity index (χ4v) is 1.80. The van der Waals surface area contributed by atoms with Gasteiger partial charge < -0.3 is 40.6 Å². The van der Waals surface area contributed by atoms with Gasteiger partial charge in [-0.15, -0.1) is 5.56 Å². The van der Waals surface area contributed by atoms with Gasteiger partial charge in [0.1, 0.15) is 11.8 Å². The molecule has 0 aliphatic rings. The summed E-state index contributed by atoms with van der Waals surface area (Å²) in [4.78, 5) is 15.3. The minimum Gasteiger partial charge on any atom is -0.999 e. The zero-order valence-electron chi connectivity index (χ0n) is 11.4.